The summed E-state index contributed by atoms with van der Waals surface area (Å²) in [5.41, 5.74) is 1.17. The zero-order chi connectivity index (χ0) is 20.1. The topological polar surface area (TPSA) is 84.3 Å². The van der Waals surface area contributed by atoms with Gasteiger partial charge in [-0.1, -0.05) is 23.7 Å². The number of carbonyl (C=O) groups excluding carboxylic acids is 1. The predicted molar refractivity (Wildman–Crippen MR) is 107 cm³/mol. The molecule has 1 N–H and O–H groups in total. The van der Waals surface area contributed by atoms with E-state index in [1.165, 1.54) is 26.9 Å². The van der Waals surface area contributed by atoms with Gasteiger partial charge in [0.05, 0.1) is 12.1 Å². The number of sulfonamides is 1. The van der Waals surface area contributed by atoms with E-state index in [1.807, 2.05) is 24.3 Å². The number of hydrogen-bond donors (Lipinski definition) is 1. The Kier molecular flexibility index (Phi) is 6.74. The molecule has 2 heterocycles. The lowest BCUT2D eigenvalue weighted by molar-refractivity contribution is -0.126. The van der Waals surface area contributed by atoms with Crippen LogP contribution < -0.4 is 5.32 Å². The van der Waals surface area contributed by atoms with E-state index in [0.717, 1.165) is 12.8 Å². The number of piperidine rings is 1. The van der Waals surface area contributed by atoms with E-state index < -0.39 is 10.0 Å². The molecule has 1 saturated heterocycles. The fourth-order valence-corrected chi connectivity index (χ4v) is 4.99. The van der Waals surface area contributed by atoms with Gasteiger partial charge in [-0.05, 0) is 43.4 Å². The summed E-state index contributed by atoms with van der Waals surface area (Å²) in [4.78, 5) is 12.7. The lowest BCUT2D eigenvalue weighted by Crippen LogP contribution is -2.45. The summed E-state index contributed by atoms with van der Waals surface area (Å²) < 4.78 is 28.3. The molecule has 0 saturated carbocycles. The van der Waals surface area contributed by atoms with Gasteiger partial charge in [0.1, 0.15) is 4.90 Å². The van der Waals surface area contributed by atoms with Crippen LogP contribution in [0.25, 0.3) is 0 Å². The number of rotatable bonds is 7. The molecule has 0 aliphatic carbocycles. The molecule has 1 amide bonds. The van der Waals surface area contributed by atoms with Crippen molar-refractivity contribution >= 4 is 27.5 Å². The predicted octanol–water partition coefficient (Wildman–Crippen LogP) is 2.22. The van der Waals surface area contributed by atoms with Crippen molar-refractivity contribution in [2.45, 2.75) is 30.6 Å². The first-order valence-electron chi connectivity index (χ1n) is 9.37. The lowest BCUT2D eigenvalue weighted by Gasteiger charge is -2.30. The van der Waals surface area contributed by atoms with Crippen molar-refractivity contribution in [3.05, 3.63) is 47.2 Å². The van der Waals surface area contributed by atoms with Crippen LogP contribution in [0.1, 0.15) is 24.8 Å². The summed E-state index contributed by atoms with van der Waals surface area (Å²) in [5.74, 6) is -0.405. The second kappa shape index (κ2) is 9.07. The Hall–Kier alpha value is -1.90. The minimum absolute atomic E-state index is 0.0813. The number of nitrogens with zero attached hydrogens (tertiary/aromatic N) is 3. The van der Waals surface area contributed by atoms with E-state index in [1.54, 1.807) is 7.05 Å². The zero-order valence-electron chi connectivity index (χ0n) is 15.8. The standard InChI is InChI=1S/C19H25ClN4O3S/c1-23-14-18(12-22-23)28(26,27)24-11-3-5-16(13-24)19(25)21-10-2-4-15-6-8-17(20)9-7-15/h6-9,12,14,16H,2-5,10-11,13H2,1H3,(H,21,25). The van der Waals surface area contributed by atoms with Gasteiger partial charge in [0.25, 0.3) is 0 Å². The van der Waals surface area contributed by atoms with Crippen molar-refractivity contribution in [1.29, 1.82) is 0 Å². The number of benzene rings is 1. The number of nitrogens with one attached hydrogen (secondary N) is 1. The van der Waals surface area contributed by atoms with E-state index in [2.05, 4.69) is 10.4 Å². The number of amides is 1. The fourth-order valence-electron chi connectivity index (χ4n) is 3.36. The number of carbonyl (C=O) groups is 1. The van der Waals surface area contributed by atoms with E-state index >= 15 is 0 Å². The number of aromatic nitrogens is 2. The minimum atomic E-state index is -3.61. The summed E-state index contributed by atoms with van der Waals surface area (Å²) in [7, 11) is -1.94. The highest BCUT2D eigenvalue weighted by molar-refractivity contribution is 7.89. The van der Waals surface area contributed by atoms with Crippen LogP contribution in [-0.2, 0) is 28.3 Å². The van der Waals surface area contributed by atoms with Gasteiger partial charge in [0.2, 0.25) is 15.9 Å². The molecule has 2 aromatic rings. The molecule has 0 spiro atoms. The molecule has 1 aromatic carbocycles. The Morgan fingerprint density at radius 3 is 2.75 bits per heavy atom. The SMILES string of the molecule is Cn1cc(S(=O)(=O)N2CCCC(C(=O)NCCCc3ccc(Cl)cc3)C2)cn1. The largest absolute Gasteiger partial charge is 0.356 e. The molecule has 0 bridgehead atoms. The first-order chi connectivity index (χ1) is 13.4. The van der Waals surface area contributed by atoms with Crippen molar-refractivity contribution in [2.24, 2.45) is 13.0 Å². The fraction of sp³-hybridized carbons (Fsp3) is 0.474. The van der Waals surface area contributed by atoms with Gasteiger partial charge in [0, 0.05) is 37.9 Å². The smallest absolute Gasteiger partial charge is 0.246 e. The Balaban J connectivity index is 1.49. The maximum atomic E-state index is 12.7. The van der Waals surface area contributed by atoms with Crippen LogP contribution in [0, 0.1) is 5.92 Å². The van der Waals surface area contributed by atoms with Crippen molar-refractivity contribution in [3.63, 3.8) is 0 Å². The Labute approximate surface area is 170 Å². The average molecular weight is 425 g/mol. The van der Waals surface area contributed by atoms with Crippen molar-refractivity contribution in [1.82, 2.24) is 19.4 Å². The van der Waals surface area contributed by atoms with Crippen LogP contribution >= 0.6 is 11.6 Å². The molecule has 1 aliphatic heterocycles. The van der Waals surface area contributed by atoms with E-state index in [9.17, 15) is 13.2 Å². The molecular formula is C19H25ClN4O3S. The molecule has 7 nitrogen and oxygen atoms in total. The number of aryl methyl sites for hydroxylation is 2. The second-order valence-corrected chi connectivity index (χ2v) is 9.45. The highest BCUT2D eigenvalue weighted by Gasteiger charge is 2.33. The van der Waals surface area contributed by atoms with Gasteiger partial charge in [-0.2, -0.15) is 9.40 Å². The van der Waals surface area contributed by atoms with Crippen LogP contribution in [0.3, 0.4) is 0 Å². The van der Waals surface area contributed by atoms with Gasteiger partial charge in [-0.3, -0.25) is 9.48 Å². The molecule has 1 aromatic heterocycles. The van der Waals surface area contributed by atoms with Gasteiger partial charge >= 0.3 is 0 Å². The lowest BCUT2D eigenvalue weighted by atomic mass is 9.99. The monoisotopic (exact) mass is 424 g/mol. The Bertz CT molecular complexity index is 912. The second-order valence-electron chi connectivity index (χ2n) is 7.07. The molecule has 3 rings (SSSR count). The maximum Gasteiger partial charge on any atom is 0.246 e. The van der Waals surface area contributed by atoms with E-state index in [4.69, 9.17) is 11.6 Å². The molecule has 9 heteroatoms. The third kappa shape index (κ3) is 5.12. The molecule has 152 valence electrons. The van der Waals surface area contributed by atoms with Gasteiger partial charge in [-0.25, -0.2) is 8.42 Å². The molecule has 1 unspecified atom stereocenters. The summed E-state index contributed by atoms with van der Waals surface area (Å²) in [5, 5.41) is 7.59. The first kappa shape index (κ1) is 20.8. The van der Waals surface area contributed by atoms with Gasteiger partial charge in [0.15, 0.2) is 0 Å². The molecule has 28 heavy (non-hydrogen) atoms. The van der Waals surface area contributed by atoms with Crippen LogP contribution in [0.5, 0.6) is 0 Å². The van der Waals surface area contributed by atoms with Crippen LogP contribution in [-0.4, -0.2) is 48.0 Å². The molecule has 1 aliphatic rings. The summed E-state index contributed by atoms with van der Waals surface area (Å²) in [6, 6.07) is 7.67. The number of halogens is 1. The normalized spacial score (nSPS) is 18.1. The van der Waals surface area contributed by atoms with Crippen molar-refractivity contribution < 1.29 is 13.2 Å². The van der Waals surface area contributed by atoms with Gasteiger partial charge < -0.3 is 5.32 Å². The maximum absolute atomic E-state index is 12.7. The minimum Gasteiger partial charge on any atom is -0.356 e. The number of hydrogen-bond acceptors (Lipinski definition) is 4. The van der Waals surface area contributed by atoms with Crippen LogP contribution in [0.15, 0.2) is 41.6 Å². The Morgan fingerprint density at radius 2 is 2.07 bits per heavy atom. The van der Waals surface area contributed by atoms with Crippen molar-refractivity contribution in [2.75, 3.05) is 19.6 Å². The summed E-state index contributed by atoms with van der Waals surface area (Å²) >= 11 is 5.88. The van der Waals surface area contributed by atoms with Crippen LogP contribution in [0.4, 0.5) is 0 Å². The Morgan fingerprint density at radius 1 is 1.32 bits per heavy atom. The third-order valence-electron chi connectivity index (χ3n) is 4.93. The molecule has 1 fully saturated rings. The van der Waals surface area contributed by atoms with E-state index in [-0.39, 0.29) is 23.3 Å². The average Bonchev–Trinajstić information content (AvgIpc) is 3.14. The molecule has 0 radical (unpaired) electrons. The summed E-state index contributed by atoms with van der Waals surface area (Å²) in [6.07, 6.45) is 5.86. The highest BCUT2D eigenvalue weighted by Crippen LogP contribution is 2.23. The summed E-state index contributed by atoms with van der Waals surface area (Å²) in [6.45, 7) is 1.20. The first-order valence-corrected chi connectivity index (χ1v) is 11.2. The zero-order valence-corrected chi connectivity index (χ0v) is 17.4. The van der Waals surface area contributed by atoms with Crippen molar-refractivity contribution in [3.8, 4) is 0 Å². The van der Waals surface area contributed by atoms with E-state index in [0.29, 0.717) is 31.0 Å². The van der Waals surface area contributed by atoms with Gasteiger partial charge in [-0.15, -0.1) is 0 Å². The third-order valence-corrected chi connectivity index (χ3v) is 7.00. The highest BCUT2D eigenvalue weighted by atomic mass is 35.5. The molecule has 1 atom stereocenters. The quantitative estimate of drug-likeness (QED) is 0.690. The molecular weight excluding hydrogens is 400 g/mol. The van der Waals surface area contributed by atoms with Crippen LogP contribution in [0.2, 0.25) is 5.02 Å².